The third kappa shape index (κ3) is 2.73. The Morgan fingerprint density at radius 2 is 2.10 bits per heavy atom. The molecule has 0 N–H and O–H groups in total. The van der Waals surface area contributed by atoms with E-state index in [1.165, 1.54) is 0 Å². The molecule has 0 atom stereocenters. The topological polar surface area (TPSA) is 69.0 Å². The third-order valence-electron chi connectivity index (χ3n) is 3.37. The van der Waals surface area contributed by atoms with E-state index in [4.69, 9.17) is 16.3 Å². The molecule has 1 fully saturated rings. The maximum absolute atomic E-state index is 6.00. The summed E-state index contributed by atoms with van der Waals surface area (Å²) in [4.78, 5) is 18.8. The molecule has 2 aromatic heterocycles. The second kappa shape index (κ2) is 5.72. The van der Waals surface area contributed by atoms with Crippen LogP contribution in [0.15, 0.2) is 18.7 Å². The summed E-state index contributed by atoms with van der Waals surface area (Å²) in [5, 5.41) is 0.178. The van der Waals surface area contributed by atoms with Crippen molar-refractivity contribution < 1.29 is 4.74 Å². The minimum Gasteiger partial charge on any atom is -0.381 e. The van der Waals surface area contributed by atoms with Crippen molar-refractivity contribution in [1.82, 2.24) is 24.5 Å². The van der Waals surface area contributed by atoms with Crippen molar-refractivity contribution in [3.8, 4) is 5.95 Å². The Bertz CT molecular complexity index is 569. The lowest BCUT2D eigenvalue weighted by Gasteiger charge is -2.31. The van der Waals surface area contributed by atoms with Crippen LogP contribution in [0.1, 0.15) is 12.8 Å². The van der Waals surface area contributed by atoms with Gasteiger partial charge in [0.1, 0.15) is 6.33 Å². The van der Waals surface area contributed by atoms with Crippen LogP contribution in [0.25, 0.3) is 5.95 Å². The summed E-state index contributed by atoms with van der Waals surface area (Å²) in [5.41, 5.74) is 0. The normalized spacial score (nSPS) is 16.3. The smallest absolute Gasteiger partial charge is 0.241 e. The molecule has 0 unspecified atom stereocenters. The number of anilines is 1. The second-order valence-corrected chi connectivity index (χ2v) is 4.97. The molecule has 3 rings (SSSR count). The van der Waals surface area contributed by atoms with E-state index in [9.17, 15) is 0 Å². The molecule has 1 aliphatic heterocycles. The zero-order valence-corrected chi connectivity index (χ0v) is 11.9. The largest absolute Gasteiger partial charge is 0.381 e. The number of hydrogen-bond donors (Lipinski definition) is 0. The molecule has 0 aromatic carbocycles. The quantitative estimate of drug-likeness (QED) is 0.850. The highest BCUT2D eigenvalue weighted by atomic mass is 35.5. The molecule has 0 radical (unpaired) electrons. The molecule has 0 saturated carbocycles. The van der Waals surface area contributed by atoms with Crippen molar-refractivity contribution >= 4 is 17.5 Å². The first-order chi connectivity index (χ1) is 9.74. The zero-order chi connectivity index (χ0) is 13.9. The summed E-state index contributed by atoms with van der Waals surface area (Å²) in [6.45, 7) is 1.53. The highest BCUT2D eigenvalue weighted by Crippen LogP contribution is 2.19. The Morgan fingerprint density at radius 1 is 1.30 bits per heavy atom. The molecule has 0 amide bonds. The summed E-state index contributed by atoms with van der Waals surface area (Å²) in [6.07, 6.45) is 6.98. The van der Waals surface area contributed by atoms with Crippen LogP contribution in [0.3, 0.4) is 0 Å². The first-order valence-electron chi connectivity index (χ1n) is 6.44. The van der Waals surface area contributed by atoms with E-state index in [0.717, 1.165) is 26.1 Å². The van der Waals surface area contributed by atoms with Gasteiger partial charge in [0.2, 0.25) is 17.2 Å². The minimum absolute atomic E-state index is 0.178. The van der Waals surface area contributed by atoms with Gasteiger partial charge in [0, 0.05) is 38.7 Å². The standard InChI is InChI=1S/C12H15ClN6O/c1-18(9-2-6-20-7-3-9)11-15-10(13)16-12(17-11)19-5-4-14-8-19/h4-5,8-9H,2-3,6-7H2,1H3. The lowest BCUT2D eigenvalue weighted by Crippen LogP contribution is -2.37. The highest BCUT2D eigenvalue weighted by molar-refractivity contribution is 6.28. The monoisotopic (exact) mass is 294 g/mol. The summed E-state index contributed by atoms with van der Waals surface area (Å²) in [6, 6.07) is 0.359. The van der Waals surface area contributed by atoms with E-state index in [1.54, 1.807) is 23.3 Å². The van der Waals surface area contributed by atoms with Crippen LogP contribution in [0.2, 0.25) is 5.28 Å². The van der Waals surface area contributed by atoms with Crippen molar-refractivity contribution in [3.63, 3.8) is 0 Å². The van der Waals surface area contributed by atoms with Gasteiger partial charge in [-0.25, -0.2) is 4.98 Å². The van der Waals surface area contributed by atoms with Crippen molar-refractivity contribution in [2.24, 2.45) is 0 Å². The van der Waals surface area contributed by atoms with Crippen LogP contribution >= 0.6 is 11.6 Å². The average Bonchev–Trinajstić information content (AvgIpc) is 3.01. The second-order valence-electron chi connectivity index (χ2n) is 4.63. The molecular formula is C12H15ClN6O. The van der Waals surface area contributed by atoms with E-state index < -0.39 is 0 Å². The van der Waals surface area contributed by atoms with E-state index in [1.807, 2.05) is 11.9 Å². The van der Waals surface area contributed by atoms with Crippen LogP contribution in [0.5, 0.6) is 0 Å². The predicted molar refractivity (Wildman–Crippen MR) is 74.2 cm³/mol. The first kappa shape index (κ1) is 13.3. The first-order valence-corrected chi connectivity index (χ1v) is 6.82. The van der Waals surface area contributed by atoms with Gasteiger partial charge in [-0.15, -0.1) is 0 Å². The van der Waals surface area contributed by atoms with Crippen LogP contribution in [0.4, 0.5) is 5.95 Å². The number of aromatic nitrogens is 5. The summed E-state index contributed by atoms with van der Waals surface area (Å²) < 4.78 is 7.08. The molecule has 8 heteroatoms. The Labute approximate surface area is 121 Å². The number of hydrogen-bond acceptors (Lipinski definition) is 6. The predicted octanol–water partition coefficient (Wildman–Crippen LogP) is 1.33. The molecular weight excluding hydrogens is 280 g/mol. The summed E-state index contributed by atoms with van der Waals surface area (Å²) in [5.74, 6) is 1.04. The van der Waals surface area contributed by atoms with Crippen molar-refractivity contribution in [3.05, 3.63) is 24.0 Å². The Morgan fingerprint density at radius 3 is 2.80 bits per heavy atom. The maximum Gasteiger partial charge on any atom is 0.241 e. The fourth-order valence-corrected chi connectivity index (χ4v) is 2.37. The number of rotatable bonds is 3. The molecule has 0 aliphatic carbocycles. The van der Waals surface area contributed by atoms with E-state index in [2.05, 4.69) is 19.9 Å². The molecule has 0 bridgehead atoms. The van der Waals surface area contributed by atoms with Gasteiger partial charge in [0.25, 0.3) is 0 Å². The van der Waals surface area contributed by atoms with E-state index in [0.29, 0.717) is 17.9 Å². The Kier molecular flexibility index (Phi) is 3.79. The lowest BCUT2D eigenvalue weighted by atomic mass is 10.1. The maximum atomic E-state index is 6.00. The third-order valence-corrected chi connectivity index (χ3v) is 3.54. The molecule has 106 valence electrons. The molecule has 20 heavy (non-hydrogen) atoms. The number of halogens is 1. The van der Waals surface area contributed by atoms with Gasteiger partial charge in [-0.1, -0.05) is 0 Å². The number of nitrogens with zero attached hydrogens (tertiary/aromatic N) is 6. The van der Waals surface area contributed by atoms with Crippen molar-refractivity contribution in [1.29, 1.82) is 0 Å². The van der Waals surface area contributed by atoms with Gasteiger partial charge in [-0.2, -0.15) is 15.0 Å². The Balaban J connectivity index is 1.89. The van der Waals surface area contributed by atoms with Crippen LogP contribution in [0, 0.1) is 0 Å². The van der Waals surface area contributed by atoms with E-state index >= 15 is 0 Å². The minimum atomic E-state index is 0.178. The van der Waals surface area contributed by atoms with Gasteiger partial charge < -0.3 is 9.64 Å². The Hall–Kier alpha value is -1.73. The fourth-order valence-electron chi connectivity index (χ4n) is 2.22. The van der Waals surface area contributed by atoms with Gasteiger partial charge in [0.05, 0.1) is 0 Å². The molecule has 0 spiro atoms. The molecule has 1 aliphatic rings. The molecule has 2 aromatic rings. The lowest BCUT2D eigenvalue weighted by molar-refractivity contribution is 0.0852. The molecule has 7 nitrogen and oxygen atoms in total. The fraction of sp³-hybridized carbons (Fsp3) is 0.500. The summed E-state index contributed by atoms with van der Waals surface area (Å²) in [7, 11) is 1.97. The van der Waals surface area contributed by atoms with Gasteiger partial charge in [-0.3, -0.25) is 4.57 Å². The highest BCUT2D eigenvalue weighted by Gasteiger charge is 2.21. The average molecular weight is 295 g/mol. The van der Waals surface area contributed by atoms with Gasteiger partial charge in [0.15, 0.2) is 0 Å². The van der Waals surface area contributed by atoms with Crippen molar-refractivity contribution in [2.75, 3.05) is 25.2 Å². The number of ether oxygens (including phenoxy) is 1. The van der Waals surface area contributed by atoms with E-state index in [-0.39, 0.29) is 5.28 Å². The SMILES string of the molecule is CN(c1nc(Cl)nc(-n2ccnc2)n1)C1CCOCC1. The molecule has 3 heterocycles. The van der Waals surface area contributed by atoms with Gasteiger partial charge >= 0.3 is 0 Å². The zero-order valence-electron chi connectivity index (χ0n) is 11.1. The van der Waals surface area contributed by atoms with Crippen molar-refractivity contribution in [2.45, 2.75) is 18.9 Å². The van der Waals surface area contributed by atoms with Crippen LogP contribution in [-0.4, -0.2) is 50.8 Å². The summed E-state index contributed by atoms with van der Waals surface area (Å²) >= 11 is 6.00. The van der Waals surface area contributed by atoms with Crippen LogP contribution < -0.4 is 4.90 Å². The molecule has 1 saturated heterocycles. The number of imidazole rings is 1. The van der Waals surface area contributed by atoms with Crippen LogP contribution in [-0.2, 0) is 4.74 Å². The van der Waals surface area contributed by atoms with Gasteiger partial charge in [-0.05, 0) is 24.4 Å².